The van der Waals surface area contributed by atoms with Gasteiger partial charge in [-0.1, -0.05) is 41.5 Å². The van der Waals surface area contributed by atoms with Gasteiger partial charge in [-0.3, -0.25) is 4.68 Å². The van der Waals surface area contributed by atoms with Crippen LogP contribution in [-0.2, 0) is 19.9 Å². The normalized spacial score (nSPS) is 15.2. The minimum absolute atomic E-state index is 0.267. The highest BCUT2D eigenvalue weighted by atomic mass is 15.3. The average Bonchev–Trinajstić information content (AvgIpc) is 2.67. The minimum Gasteiger partial charge on any atom is -0.314 e. The molecule has 0 aliphatic rings. The lowest BCUT2D eigenvalue weighted by Crippen LogP contribution is -2.40. The number of nitrogens with one attached hydrogen (secondary N) is 1. The summed E-state index contributed by atoms with van der Waals surface area (Å²) in [6, 6.07) is 2.80. The summed E-state index contributed by atoms with van der Waals surface area (Å²) in [5, 5.41) is 8.16. The molecule has 1 aromatic heterocycles. The summed E-state index contributed by atoms with van der Waals surface area (Å²) >= 11 is 0. The zero-order chi connectivity index (χ0) is 14.6. The molecule has 3 nitrogen and oxygen atoms in total. The molecule has 19 heavy (non-hydrogen) atoms. The smallest absolute Gasteiger partial charge is 0.0624 e. The Kier molecular flexibility index (Phi) is 5.60. The Morgan fingerprint density at radius 1 is 1.32 bits per heavy atom. The molecule has 0 saturated heterocycles. The van der Waals surface area contributed by atoms with E-state index in [2.05, 4.69) is 69.8 Å². The Labute approximate surface area is 118 Å². The Balaban J connectivity index is 2.85. The Hall–Kier alpha value is -0.830. The van der Waals surface area contributed by atoms with Crippen molar-refractivity contribution in [3.8, 4) is 0 Å². The topological polar surface area (TPSA) is 29.9 Å². The Bertz CT molecular complexity index is 393. The van der Waals surface area contributed by atoms with E-state index >= 15 is 0 Å². The zero-order valence-corrected chi connectivity index (χ0v) is 13.7. The standard InChI is InChI=1S/C16H31N3/c1-8-14-9-15(19(7)18-14)10-16(6,12(2)3)11-17-13(4)5/h9,12-13,17H,8,10-11H2,1-7H3. The SMILES string of the molecule is CCc1cc(CC(C)(CNC(C)C)C(C)C)n(C)n1. The lowest BCUT2D eigenvalue weighted by Gasteiger charge is -2.35. The number of rotatable bonds is 7. The summed E-state index contributed by atoms with van der Waals surface area (Å²) in [6.45, 7) is 14.6. The maximum atomic E-state index is 4.56. The maximum absolute atomic E-state index is 4.56. The number of hydrogen-bond acceptors (Lipinski definition) is 2. The van der Waals surface area contributed by atoms with Crippen LogP contribution in [-0.4, -0.2) is 22.4 Å². The molecule has 0 aliphatic carbocycles. The van der Waals surface area contributed by atoms with Crippen molar-refractivity contribution in [1.82, 2.24) is 15.1 Å². The lowest BCUT2D eigenvalue weighted by molar-refractivity contribution is 0.198. The monoisotopic (exact) mass is 265 g/mol. The van der Waals surface area contributed by atoms with Crippen molar-refractivity contribution < 1.29 is 0 Å². The van der Waals surface area contributed by atoms with Crippen molar-refractivity contribution in [3.05, 3.63) is 17.5 Å². The molecular weight excluding hydrogens is 234 g/mol. The Morgan fingerprint density at radius 2 is 1.95 bits per heavy atom. The van der Waals surface area contributed by atoms with Crippen molar-refractivity contribution >= 4 is 0 Å². The van der Waals surface area contributed by atoms with Crippen LogP contribution < -0.4 is 5.32 Å². The molecule has 1 heterocycles. The van der Waals surface area contributed by atoms with E-state index in [4.69, 9.17) is 0 Å². The molecule has 1 atom stereocenters. The molecule has 0 aliphatic heterocycles. The van der Waals surface area contributed by atoms with Gasteiger partial charge in [0.25, 0.3) is 0 Å². The van der Waals surface area contributed by atoms with E-state index in [9.17, 15) is 0 Å². The van der Waals surface area contributed by atoms with Gasteiger partial charge in [0, 0.05) is 25.3 Å². The third-order valence-electron chi connectivity index (χ3n) is 4.28. The number of aromatic nitrogens is 2. The van der Waals surface area contributed by atoms with Crippen molar-refractivity contribution in [2.45, 2.75) is 60.4 Å². The summed E-state index contributed by atoms with van der Waals surface area (Å²) in [7, 11) is 2.06. The van der Waals surface area contributed by atoms with Gasteiger partial charge in [0.1, 0.15) is 0 Å². The molecule has 1 unspecified atom stereocenters. The predicted octanol–water partition coefficient (Wildman–Crippen LogP) is 3.19. The maximum Gasteiger partial charge on any atom is 0.0624 e. The summed E-state index contributed by atoms with van der Waals surface area (Å²) in [4.78, 5) is 0. The van der Waals surface area contributed by atoms with E-state index in [0.29, 0.717) is 12.0 Å². The molecule has 0 saturated carbocycles. The largest absolute Gasteiger partial charge is 0.314 e. The first-order valence-electron chi connectivity index (χ1n) is 7.53. The van der Waals surface area contributed by atoms with E-state index in [1.54, 1.807) is 0 Å². The quantitative estimate of drug-likeness (QED) is 0.820. The van der Waals surface area contributed by atoms with Gasteiger partial charge in [0.15, 0.2) is 0 Å². The van der Waals surface area contributed by atoms with E-state index in [1.807, 2.05) is 0 Å². The predicted molar refractivity (Wildman–Crippen MR) is 82.4 cm³/mol. The molecule has 1 aromatic rings. The van der Waals surface area contributed by atoms with Crippen LogP contribution in [0.2, 0.25) is 0 Å². The first-order chi connectivity index (χ1) is 8.78. The summed E-state index contributed by atoms with van der Waals surface area (Å²) in [5.74, 6) is 0.638. The van der Waals surface area contributed by atoms with E-state index in [1.165, 1.54) is 11.4 Å². The summed E-state index contributed by atoms with van der Waals surface area (Å²) < 4.78 is 2.05. The molecule has 0 radical (unpaired) electrons. The van der Waals surface area contributed by atoms with E-state index in [-0.39, 0.29) is 5.41 Å². The van der Waals surface area contributed by atoms with Gasteiger partial charge in [-0.05, 0) is 30.2 Å². The molecule has 3 heteroatoms. The van der Waals surface area contributed by atoms with Crippen LogP contribution in [0, 0.1) is 11.3 Å². The first-order valence-corrected chi connectivity index (χ1v) is 7.53. The second-order valence-corrected chi connectivity index (χ2v) is 6.63. The minimum atomic E-state index is 0.267. The molecular formula is C16H31N3. The molecule has 110 valence electrons. The molecule has 1 rings (SSSR count). The van der Waals surface area contributed by atoms with Gasteiger partial charge < -0.3 is 5.32 Å². The second-order valence-electron chi connectivity index (χ2n) is 6.63. The van der Waals surface area contributed by atoms with Crippen molar-refractivity contribution in [2.75, 3.05) is 6.54 Å². The molecule has 0 spiro atoms. The van der Waals surface area contributed by atoms with E-state index < -0.39 is 0 Å². The molecule has 0 bridgehead atoms. The van der Waals surface area contributed by atoms with Crippen LogP contribution in [0.25, 0.3) is 0 Å². The zero-order valence-electron chi connectivity index (χ0n) is 13.7. The third kappa shape index (κ3) is 4.34. The van der Waals surface area contributed by atoms with Gasteiger partial charge in [0.2, 0.25) is 0 Å². The highest BCUT2D eigenvalue weighted by molar-refractivity contribution is 5.12. The molecule has 0 aromatic carbocycles. The first kappa shape index (κ1) is 16.2. The molecule has 0 fully saturated rings. The lowest BCUT2D eigenvalue weighted by atomic mass is 9.75. The van der Waals surface area contributed by atoms with Gasteiger partial charge in [-0.25, -0.2) is 0 Å². The van der Waals surface area contributed by atoms with Crippen molar-refractivity contribution in [3.63, 3.8) is 0 Å². The number of nitrogens with zero attached hydrogens (tertiary/aromatic N) is 2. The van der Waals surface area contributed by atoms with Crippen molar-refractivity contribution in [2.24, 2.45) is 18.4 Å². The van der Waals surface area contributed by atoms with Crippen molar-refractivity contribution in [1.29, 1.82) is 0 Å². The van der Waals surface area contributed by atoms with E-state index in [0.717, 1.165) is 19.4 Å². The van der Waals surface area contributed by atoms with Crippen LogP contribution in [0.5, 0.6) is 0 Å². The van der Waals surface area contributed by atoms with Crippen LogP contribution in [0.4, 0.5) is 0 Å². The number of hydrogen-bond donors (Lipinski definition) is 1. The van der Waals surface area contributed by atoms with Crippen LogP contribution >= 0.6 is 0 Å². The van der Waals surface area contributed by atoms with Crippen LogP contribution in [0.15, 0.2) is 6.07 Å². The second kappa shape index (κ2) is 6.56. The molecule has 0 amide bonds. The third-order valence-corrected chi connectivity index (χ3v) is 4.28. The fourth-order valence-electron chi connectivity index (χ4n) is 2.23. The van der Waals surface area contributed by atoms with Gasteiger partial charge in [-0.15, -0.1) is 0 Å². The number of aryl methyl sites for hydroxylation is 2. The fraction of sp³-hybridized carbons (Fsp3) is 0.812. The summed E-state index contributed by atoms with van der Waals surface area (Å²) in [6.07, 6.45) is 2.09. The van der Waals surface area contributed by atoms with Crippen LogP contribution in [0.1, 0.15) is 52.9 Å². The van der Waals surface area contributed by atoms with Crippen LogP contribution in [0.3, 0.4) is 0 Å². The van der Waals surface area contributed by atoms with Gasteiger partial charge in [-0.2, -0.15) is 5.10 Å². The molecule has 1 N–H and O–H groups in total. The summed E-state index contributed by atoms with van der Waals surface area (Å²) in [5.41, 5.74) is 2.81. The Morgan fingerprint density at radius 3 is 2.37 bits per heavy atom. The van der Waals surface area contributed by atoms with Gasteiger partial charge >= 0.3 is 0 Å². The highest BCUT2D eigenvalue weighted by Gasteiger charge is 2.30. The highest BCUT2D eigenvalue weighted by Crippen LogP contribution is 2.31. The average molecular weight is 265 g/mol. The van der Waals surface area contributed by atoms with Gasteiger partial charge in [0.05, 0.1) is 5.69 Å². The fourth-order valence-corrected chi connectivity index (χ4v) is 2.23.